The summed E-state index contributed by atoms with van der Waals surface area (Å²) < 4.78 is 5.61. The minimum Gasteiger partial charge on any atom is -0.491 e. The maximum atomic E-state index is 12.4. The van der Waals surface area contributed by atoms with Crippen LogP contribution in [0.1, 0.15) is 50.4 Å². The van der Waals surface area contributed by atoms with Crippen molar-refractivity contribution < 1.29 is 9.53 Å². The summed E-state index contributed by atoms with van der Waals surface area (Å²) in [5.74, 6) is 0.664. The number of anilines is 2. The number of hydrogen-bond acceptors (Lipinski definition) is 3. The summed E-state index contributed by atoms with van der Waals surface area (Å²) in [6.07, 6.45) is 3.93. The standard InChI is InChI=1S/C22H28N2O2/c1-16(2)26-21-13-7-18(8-14-21)22(25)23-19-9-11-20(12-10-19)24-15-5-4-6-17(24)3/h7-14,16-17H,4-6,15H2,1-3H3,(H,23,25). The molecular weight excluding hydrogens is 324 g/mol. The third-order valence-corrected chi connectivity index (χ3v) is 4.75. The number of nitrogens with one attached hydrogen (secondary N) is 1. The SMILES string of the molecule is CC(C)Oc1ccc(C(=O)Nc2ccc(N3CCCCC3C)cc2)cc1. The first-order valence-corrected chi connectivity index (χ1v) is 9.48. The van der Waals surface area contributed by atoms with Crippen LogP contribution in [0.2, 0.25) is 0 Å². The number of nitrogens with zero attached hydrogens (tertiary/aromatic N) is 1. The van der Waals surface area contributed by atoms with Crippen LogP contribution in [0.4, 0.5) is 11.4 Å². The molecule has 0 saturated carbocycles. The minimum atomic E-state index is -0.111. The highest BCUT2D eigenvalue weighted by Crippen LogP contribution is 2.26. The quantitative estimate of drug-likeness (QED) is 0.813. The Morgan fingerprint density at radius 1 is 1.08 bits per heavy atom. The van der Waals surface area contributed by atoms with Gasteiger partial charge in [-0.05, 0) is 88.6 Å². The van der Waals surface area contributed by atoms with Gasteiger partial charge in [0.25, 0.3) is 5.91 Å². The molecular formula is C22H28N2O2. The van der Waals surface area contributed by atoms with Crippen molar-refractivity contribution >= 4 is 17.3 Å². The Kier molecular flexibility index (Phi) is 5.82. The molecule has 0 bridgehead atoms. The van der Waals surface area contributed by atoms with Crippen LogP contribution < -0.4 is 15.0 Å². The van der Waals surface area contributed by atoms with Gasteiger partial charge in [0.15, 0.2) is 0 Å². The van der Waals surface area contributed by atoms with E-state index in [4.69, 9.17) is 4.74 Å². The van der Waals surface area contributed by atoms with Gasteiger partial charge in [-0.3, -0.25) is 4.79 Å². The maximum absolute atomic E-state index is 12.4. The van der Waals surface area contributed by atoms with Gasteiger partial charge in [-0.2, -0.15) is 0 Å². The Labute approximate surface area is 156 Å². The van der Waals surface area contributed by atoms with E-state index in [0.29, 0.717) is 11.6 Å². The predicted octanol–water partition coefficient (Wildman–Crippen LogP) is 5.10. The van der Waals surface area contributed by atoms with Crippen molar-refractivity contribution in [3.63, 3.8) is 0 Å². The molecule has 1 aliphatic heterocycles. The van der Waals surface area contributed by atoms with Crippen LogP contribution in [0.5, 0.6) is 5.75 Å². The van der Waals surface area contributed by atoms with E-state index in [2.05, 4.69) is 29.3 Å². The highest BCUT2D eigenvalue weighted by Gasteiger charge is 2.18. The molecule has 1 unspecified atom stereocenters. The van der Waals surface area contributed by atoms with Crippen molar-refractivity contribution in [2.24, 2.45) is 0 Å². The zero-order chi connectivity index (χ0) is 18.5. The molecule has 0 spiro atoms. The first-order valence-electron chi connectivity index (χ1n) is 9.48. The van der Waals surface area contributed by atoms with Gasteiger partial charge in [-0.15, -0.1) is 0 Å². The third kappa shape index (κ3) is 4.57. The van der Waals surface area contributed by atoms with Crippen LogP contribution >= 0.6 is 0 Å². The first-order chi connectivity index (χ1) is 12.5. The van der Waals surface area contributed by atoms with Crippen molar-refractivity contribution in [1.29, 1.82) is 0 Å². The van der Waals surface area contributed by atoms with E-state index < -0.39 is 0 Å². The highest BCUT2D eigenvalue weighted by atomic mass is 16.5. The van der Waals surface area contributed by atoms with E-state index in [1.165, 1.54) is 24.9 Å². The Morgan fingerprint density at radius 2 is 1.77 bits per heavy atom. The second-order valence-electron chi connectivity index (χ2n) is 7.23. The molecule has 4 heteroatoms. The Bertz CT molecular complexity index is 723. The fraction of sp³-hybridized carbons (Fsp3) is 0.409. The van der Waals surface area contributed by atoms with Gasteiger partial charge in [0, 0.05) is 29.5 Å². The largest absolute Gasteiger partial charge is 0.491 e. The van der Waals surface area contributed by atoms with Crippen LogP contribution in [0.3, 0.4) is 0 Å². The van der Waals surface area contributed by atoms with Crippen LogP contribution in [0.25, 0.3) is 0 Å². The van der Waals surface area contributed by atoms with Crippen LogP contribution in [-0.2, 0) is 0 Å². The molecule has 2 aromatic carbocycles. The van der Waals surface area contributed by atoms with Gasteiger partial charge in [0.05, 0.1) is 6.10 Å². The molecule has 1 atom stereocenters. The minimum absolute atomic E-state index is 0.111. The smallest absolute Gasteiger partial charge is 0.255 e. The maximum Gasteiger partial charge on any atom is 0.255 e. The van der Waals surface area contributed by atoms with Crippen LogP contribution in [-0.4, -0.2) is 24.6 Å². The molecule has 3 rings (SSSR count). The molecule has 1 N–H and O–H groups in total. The number of piperidine rings is 1. The number of hydrogen-bond donors (Lipinski definition) is 1. The summed E-state index contributed by atoms with van der Waals surface area (Å²) in [6, 6.07) is 16.0. The summed E-state index contributed by atoms with van der Waals surface area (Å²) in [5.41, 5.74) is 2.66. The second-order valence-corrected chi connectivity index (χ2v) is 7.23. The highest BCUT2D eigenvalue weighted by molar-refractivity contribution is 6.04. The Hall–Kier alpha value is -2.49. The summed E-state index contributed by atoms with van der Waals surface area (Å²) >= 11 is 0. The average Bonchev–Trinajstić information content (AvgIpc) is 2.63. The predicted molar refractivity (Wildman–Crippen MR) is 107 cm³/mol. The molecule has 4 nitrogen and oxygen atoms in total. The number of rotatable bonds is 5. The molecule has 0 aromatic heterocycles. The van der Waals surface area contributed by atoms with Gasteiger partial charge in [-0.1, -0.05) is 0 Å². The van der Waals surface area contributed by atoms with Gasteiger partial charge >= 0.3 is 0 Å². The lowest BCUT2D eigenvalue weighted by atomic mass is 10.0. The van der Waals surface area contributed by atoms with E-state index in [0.717, 1.165) is 18.0 Å². The molecule has 1 fully saturated rings. The Morgan fingerprint density at radius 3 is 2.38 bits per heavy atom. The molecule has 1 amide bonds. The second kappa shape index (κ2) is 8.26. The topological polar surface area (TPSA) is 41.6 Å². The van der Waals surface area contributed by atoms with Crippen molar-refractivity contribution in [3.8, 4) is 5.75 Å². The molecule has 0 radical (unpaired) electrons. The molecule has 1 aliphatic rings. The zero-order valence-electron chi connectivity index (χ0n) is 15.9. The average molecular weight is 352 g/mol. The van der Waals surface area contributed by atoms with E-state index in [1.54, 1.807) is 12.1 Å². The summed E-state index contributed by atoms with van der Waals surface area (Å²) in [5, 5.41) is 2.96. The fourth-order valence-corrected chi connectivity index (χ4v) is 3.38. The van der Waals surface area contributed by atoms with Crippen molar-refractivity contribution in [3.05, 3.63) is 54.1 Å². The lowest BCUT2D eigenvalue weighted by Crippen LogP contribution is -2.37. The van der Waals surface area contributed by atoms with Gasteiger partial charge in [0.2, 0.25) is 0 Å². The lowest BCUT2D eigenvalue weighted by Gasteiger charge is -2.35. The van der Waals surface area contributed by atoms with Crippen LogP contribution in [0.15, 0.2) is 48.5 Å². The van der Waals surface area contributed by atoms with Crippen molar-refractivity contribution in [2.75, 3.05) is 16.8 Å². The summed E-state index contributed by atoms with van der Waals surface area (Å²) in [7, 11) is 0. The molecule has 1 saturated heterocycles. The number of carbonyl (C=O) groups excluding carboxylic acids is 1. The normalized spacial score (nSPS) is 17.2. The first kappa shape index (κ1) is 18.3. The number of amides is 1. The van der Waals surface area contributed by atoms with E-state index in [1.807, 2.05) is 38.1 Å². The Balaban J connectivity index is 1.62. The van der Waals surface area contributed by atoms with Gasteiger partial charge < -0.3 is 15.0 Å². The monoisotopic (exact) mass is 352 g/mol. The van der Waals surface area contributed by atoms with Crippen molar-refractivity contribution in [2.45, 2.75) is 52.2 Å². The summed E-state index contributed by atoms with van der Waals surface area (Å²) in [4.78, 5) is 14.9. The molecule has 2 aromatic rings. The number of benzene rings is 2. The lowest BCUT2D eigenvalue weighted by molar-refractivity contribution is 0.102. The molecule has 1 heterocycles. The number of ether oxygens (including phenoxy) is 1. The van der Waals surface area contributed by atoms with Gasteiger partial charge in [-0.25, -0.2) is 0 Å². The zero-order valence-corrected chi connectivity index (χ0v) is 15.9. The molecule has 0 aliphatic carbocycles. The van der Waals surface area contributed by atoms with E-state index in [-0.39, 0.29) is 12.0 Å². The molecule has 138 valence electrons. The number of carbonyl (C=O) groups is 1. The van der Waals surface area contributed by atoms with E-state index in [9.17, 15) is 4.79 Å². The molecule has 26 heavy (non-hydrogen) atoms. The van der Waals surface area contributed by atoms with Crippen molar-refractivity contribution in [1.82, 2.24) is 0 Å². The third-order valence-electron chi connectivity index (χ3n) is 4.75. The van der Waals surface area contributed by atoms with E-state index >= 15 is 0 Å². The fourth-order valence-electron chi connectivity index (χ4n) is 3.38. The summed E-state index contributed by atoms with van der Waals surface area (Å²) in [6.45, 7) is 7.35. The van der Waals surface area contributed by atoms with Crippen LogP contribution in [0, 0.1) is 0 Å². The van der Waals surface area contributed by atoms with Gasteiger partial charge in [0.1, 0.15) is 5.75 Å².